The monoisotopic (exact) mass is 235 g/mol. The third-order valence-corrected chi connectivity index (χ3v) is 3.62. The first kappa shape index (κ1) is 10.1. The fourth-order valence-corrected chi connectivity index (χ4v) is 2.68. The molecule has 1 aliphatic rings. The van der Waals surface area contributed by atoms with Crippen LogP contribution >= 0.6 is 11.6 Å². The fourth-order valence-electron chi connectivity index (χ4n) is 2.52. The molecule has 16 heavy (non-hydrogen) atoms. The lowest BCUT2D eigenvalue weighted by Gasteiger charge is -2.08. The summed E-state index contributed by atoms with van der Waals surface area (Å²) < 4.78 is 2.02. The molecule has 1 aromatic carbocycles. The van der Waals surface area contributed by atoms with E-state index >= 15 is 0 Å². The van der Waals surface area contributed by atoms with Gasteiger partial charge in [0.2, 0.25) is 0 Å². The van der Waals surface area contributed by atoms with Gasteiger partial charge in [-0.15, -0.1) is 5.10 Å². The van der Waals surface area contributed by atoms with Crippen molar-refractivity contribution < 1.29 is 0 Å². The van der Waals surface area contributed by atoms with Gasteiger partial charge in [0.25, 0.3) is 0 Å². The van der Waals surface area contributed by atoms with Crippen LogP contribution in [-0.4, -0.2) is 15.0 Å². The van der Waals surface area contributed by atoms with Crippen LogP contribution in [-0.2, 0) is 6.54 Å². The molecule has 0 saturated heterocycles. The Labute approximate surface area is 99.4 Å². The normalized spacial score (nSPS) is 17.3. The predicted octanol–water partition coefficient (Wildman–Crippen LogP) is 3.27. The maximum atomic E-state index is 5.92. The highest BCUT2D eigenvalue weighted by Crippen LogP contribution is 2.27. The molecule has 4 heteroatoms. The molecular formula is C12H14ClN3. The minimum Gasteiger partial charge on any atom is -0.244 e. The van der Waals surface area contributed by atoms with E-state index in [0.717, 1.165) is 28.5 Å². The molecule has 3 nitrogen and oxygen atoms in total. The Kier molecular flexibility index (Phi) is 2.56. The number of halogens is 1. The van der Waals surface area contributed by atoms with Crippen LogP contribution in [0.1, 0.15) is 25.7 Å². The highest BCUT2D eigenvalue weighted by molar-refractivity contribution is 6.31. The fraction of sp³-hybridized carbons (Fsp3) is 0.500. The zero-order valence-corrected chi connectivity index (χ0v) is 9.82. The molecule has 2 aromatic rings. The average Bonchev–Trinajstić information content (AvgIpc) is 2.89. The zero-order chi connectivity index (χ0) is 11.0. The van der Waals surface area contributed by atoms with E-state index in [9.17, 15) is 0 Å². The minimum absolute atomic E-state index is 0.723. The molecular weight excluding hydrogens is 222 g/mol. The number of fused-ring (bicyclic) bond motifs is 1. The summed E-state index contributed by atoms with van der Waals surface area (Å²) in [5.41, 5.74) is 1.99. The lowest BCUT2D eigenvalue weighted by atomic mass is 10.1. The maximum absolute atomic E-state index is 5.92. The Hall–Kier alpha value is -1.09. The van der Waals surface area contributed by atoms with E-state index in [4.69, 9.17) is 11.6 Å². The molecule has 84 valence electrons. The van der Waals surface area contributed by atoms with Gasteiger partial charge in [0, 0.05) is 11.6 Å². The first-order valence-corrected chi connectivity index (χ1v) is 6.19. The zero-order valence-electron chi connectivity index (χ0n) is 9.06. The van der Waals surface area contributed by atoms with E-state index in [1.807, 2.05) is 22.9 Å². The van der Waals surface area contributed by atoms with Crippen LogP contribution in [0.15, 0.2) is 18.2 Å². The van der Waals surface area contributed by atoms with E-state index in [0.29, 0.717) is 0 Å². The van der Waals surface area contributed by atoms with Crippen molar-refractivity contribution in [3.05, 3.63) is 23.2 Å². The van der Waals surface area contributed by atoms with Gasteiger partial charge in [0.15, 0.2) is 0 Å². The minimum atomic E-state index is 0.723. The van der Waals surface area contributed by atoms with Gasteiger partial charge in [-0.05, 0) is 37.0 Å². The molecule has 1 heterocycles. The third kappa shape index (κ3) is 1.80. The summed E-state index contributed by atoms with van der Waals surface area (Å²) in [5, 5.41) is 9.08. The summed E-state index contributed by atoms with van der Waals surface area (Å²) in [7, 11) is 0. The van der Waals surface area contributed by atoms with Crippen molar-refractivity contribution in [1.82, 2.24) is 15.0 Å². The van der Waals surface area contributed by atoms with Crippen LogP contribution in [0, 0.1) is 5.92 Å². The Bertz CT molecular complexity index is 500. The number of aromatic nitrogens is 3. The Morgan fingerprint density at radius 2 is 2.12 bits per heavy atom. The second kappa shape index (κ2) is 4.06. The molecule has 1 saturated carbocycles. The van der Waals surface area contributed by atoms with E-state index < -0.39 is 0 Å². The topological polar surface area (TPSA) is 30.7 Å². The van der Waals surface area contributed by atoms with Crippen LogP contribution in [0.5, 0.6) is 0 Å². The molecule has 1 fully saturated rings. The SMILES string of the molecule is Clc1ccc2c(c1)nnn2CC1CCCC1. The van der Waals surface area contributed by atoms with Gasteiger partial charge in [-0.2, -0.15) is 0 Å². The largest absolute Gasteiger partial charge is 0.244 e. The molecule has 0 unspecified atom stereocenters. The van der Waals surface area contributed by atoms with Gasteiger partial charge in [-0.3, -0.25) is 0 Å². The first-order chi connectivity index (χ1) is 7.83. The van der Waals surface area contributed by atoms with Crippen LogP contribution < -0.4 is 0 Å². The highest BCUT2D eigenvalue weighted by Gasteiger charge is 2.17. The summed E-state index contributed by atoms with van der Waals surface area (Å²) in [4.78, 5) is 0. The van der Waals surface area contributed by atoms with Gasteiger partial charge < -0.3 is 0 Å². The molecule has 0 amide bonds. The van der Waals surface area contributed by atoms with Crippen molar-refractivity contribution in [2.24, 2.45) is 5.92 Å². The number of nitrogens with zero attached hydrogens (tertiary/aromatic N) is 3. The number of benzene rings is 1. The summed E-state index contributed by atoms with van der Waals surface area (Å²) in [5.74, 6) is 0.778. The third-order valence-electron chi connectivity index (χ3n) is 3.38. The van der Waals surface area contributed by atoms with Gasteiger partial charge in [0.05, 0.1) is 5.52 Å². The molecule has 0 N–H and O–H groups in total. The summed E-state index contributed by atoms with van der Waals surface area (Å²) in [6.45, 7) is 0.998. The first-order valence-electron chi connectivity index (χ1n) is 5.82. The smallest absolute Gasteiger partial charge is 0.114 e. The van der Waals surface area contributed by atoms with Gasteiger partial charge in [-0.1, -0.05) is 29.7 Å². The maximum Gasteiger partial charge on any atom is 0.114 e. The molecule has 0 spiro atoms. The van der Waals surface area contributed by atoms with E-state index in [1.165, 1.54) is 25.7 Å². The highest BCUT2D eigenvalue weighted by atomic mass is 35.5. The summed E-state index contributed by atoms with van der Waals surface area (Å²) >= 11 is 5.92. The predicted molar refractivity (Wildman–Crippen MR) is 64.5 cm³/mol. The average molecular weight is 236 g/mol. The summed E-state index contributed by atoms with van der Waals surface area (Å²) in [6, 6.07) is 5.78. The van der Waals surface area contributed by atoms with E-state index in [2.05, 4.69) is 10.3 Å². The lowest BCUT2D eigenvalue weighted by molar-refractivity contribution is 0.430. The van der Waals surface area contributed by atoms with Crippen LogP contribution in [0.2, 0.25) is 5.02 Å². The van der Waals surface area contributed by atoms with Crippen molar-refractivity contribution >= 4 is 22.6 Å². The van der Waals surface area contributed by atoms with Crippen LogP contribution in [0.4, 0.5) is 0 Å². The second-order valence-electron chi connectivity index (χ2n) is 4.56. The van der Waals surface area contributed by atoms with Crippen LogP contribution in [0.3, 0.4) is 0 Å². The molecule has 0 bridgehead atoms. The van der Waals surface area contributed by atoms with Crippen molar-refractivity contribution in [2.45, 2.75) is 32.2 Å². The molecule has 3 rings (SSSR count). The quantitative estimate of drug-likeness (QED) is 0.800. The van der Waals surface area contributed by atoms with Crippen LogP contribution in [0.25, 0.3) is 11.0 Å². The standard InChI is InChI=1S/C12H14ClN3/c13-10-5-6-12-11(7-10)14-15-16(12)8-9-3-1-2-4-9/h5-7,9H,1-4,8H2. The van der Waals surface area contributed by atoms with Crippen molar-refractivity contribution in [3.8, 4) is 0 Å². The van der Waals surface area contributed by atoms with E-state index in [1.54, 1.807) is 0 Å². The summed E-state index contributed by atoms with van der Waals surface area (Å²) in [6.07, 6.45) is 5.39. The Morgan fingerprint density at radius 3 is 2.94 bits per heavy atom. The Balaban J connectivity index is 1.91. The number of hydrogen-bond donors (Lipinski definition) is 0. The van der Waals surface area contributed by atoms with E-state index in [-0.39, 0.29) is 0 Å². The van der Waals surface area contributed by atoms with Gasteiger partial charge >= 0.3 is 0 Å². The van der Waals surface area contributed by atoms with Crippen molar-refractivity contribution in [2.75, 3.05) is 0 Å². The number of hydrogen-bond acceptors (Lipinski definition) is 2. The Morgan fingerprint density at radius 1 is 1.31 bits per heavy atom. The van der Waals surface area contributed by atoms with Crippen molar-refractivity contribution in [3.63, 3.8) is 0 Å². The molecule has 1 aliphatic carbocycles. The van der Waals surface area contributed by atoms with Crippen molar-refractivity contribution in [1.29, 1.82) is 0 Å². The number of rotatable bonds is 2. The lowest BCUT2D eigenvalue weighted by Crippen LogP contribution is -2.08. The molecule has 1 aromatic heterocycles. The molecule has 0 atom stereocenters. The van der Waals surface area contributed by atoms with Gasteiger partial charge in [-0.25, -0.2) is 4.68 Å². The van der Waals surface area contributed by atoms with Gasteiger partial charge in [0.1, 0.15) is 5.52 Å². The molecule has 0 aliphatic heterocycles. The second-order valence-corrected chi connectivity index (χ2v) is 4.99. The molecule has 0 radical (unpaired) electrons.